The summed E-state index contributed by atoms with van der Waals surface area (Å²) < 4.78 is 10.6. The molecule has 2 atom stereocenters. The minimum absolute atomic E-state index is 0.117. The topological polar surface area (TPSA) is 38.7 Å². The summed E-state index contributed by atoms with van der Waals surface area (Å²) in [5.41, 5.74) is 0. The predicted octanol–water partition coefficient (Wildman–Crippen LogP) is 1.08. The highest BCUT2D eigenvalue weighted by Gasteiger charge is 2.14. The summed E-state index contributed by atoms with van der Waals surface area (Å²) in [7, 11) is 0. The van der Waals surface area contributed by atoms with Crippen LogP contribution in [0.2, 0.25) is 0 Å². The van der Waals surface area contributed by atoms with E-state index < -0.39 is 6.10 Å². The number of aliphatic hydroxyl groups is 1. The maximum Gasteiger partial charge on any atom is 0.157 e. The Kier molecular flexibility index (Phi) is 4.29. The van der Waals surface area contributed by atoms with E-state index in [9.17, 15) is 0 Å². The highest BCUT2D eigenvalue weighted by atomic mass is 16.7. The first kappa shape index (κ1) is 9.71. The van der Waals surface area contributed by atoms with Gasteiger partial charge in [0, 0.05) is 6.61 Å². The average Bonchev–Trinajstić information content (AvgIpc) is 2.16. The summed E-state index contributed by atoms with van der Waals surface area (Å²) in [5, 5.41) is 9.09. The van der Waals surface area contributed by atoms with Crippen LogP contribution in [0.4, 0.5) is 0 Å². The van der Waals surface area contributed by atoms with Gasteiger partial charge < -0.3 is 14.6 Å². The Balaban J connectivity index is 2.08. The Morgan fingerprint density at radius 3 is 3.08 bits per heavy atom. The van der Waals surface area contributed by atoms with Crippen molar-refractivity contribution in [3.8, 4) is 0 Å². The predicted molar refractivity (Wildman–Crippen MR) is 45.7 cm³/mol. The van der Waals surface area contributed by atoms with Gasteiger partial charge in [0.05, 0.1) is 12.7 Å². The SMILES string of the molecule is C=C[C@@H](O)COC1CCCCO1. The molecule has 0 amide bonds. The summed E-state index contributed by atoms with van der Waals surface area (Å²) in [4.78, 5) is 0. The maximum atomic E-state index is 9.09. The van der Waals surface area contributed by atoms with Crippen molar-refractivity contribution >= 4 is 0 Å². The normalized spacial score (nSPS) is 26.6. The molecule has 0 aromatic carbocycles. The third-order valence-electron chi connectivity index (χ3n) is 1.86. The summed E-state index contributed by atoms with van der Waals surface area (Å²) in [6, 6.07) is 0. The van der Waals surface area contributed by atoms with Crippen LogP contribution in [-0.4, -0.2) is 30.7 Å². The molecule has 1 aliphatic rings. The fourth-order valence-electron chi connectivity index (χ4n) is 1.12. The molecule has 1 unspecified atom stereocenters. The van der Waals surface area contributed by atoms with Crippen LogP contribution in [0.1, 0.15) is 19.3 Å². The molecule has 1 aliphatic heterocycles. The van der Waals surface area contributed by atoms with Crippen molar-refractivity contribution in [3.63, 3.8) is 0 Å². The van der Waals surface area contributed by atoms with E-state index in [4.69, 9.17) is 14.6 Å². The first-order chi connectivity index (χ1) is 5.83. The van der Waals surface area contributed by atoms with Gasteiger partial charge in [0.2, 0.25) is 0 Å². The van der Waals surface area contributed by atoms with Crippen LogP contribution in [0.15, 0.2) is 12.7 Å². The second-order valence-corrected chi connectivity index (χ2v) is 2.93. The van der Waals surface area contributed by atoms with E-state index in [1.54, 1.807) is 0 Å². The van der Waals surface area contributed by atoms with Crippen molar-refractivity contribution in [2.75, 3.05) is 13.2 Å². The van der Waals surface area contributed by atoms with Gasteiger partial charge in [0.25, 0.3) is 0 Å². The molecule has 3 heteroatoms. The largest absolute Gasteiger partial charge is 0.387 e. The zero-order chi connectivity index (χ0) is 8.81. The lowest BCUT2D eigenvalue weighted by atomic mass is 10.2. The van der Waals surface area contributed by atoms with Crippen LogP contribution in [-0.2, 0) is 9.47 Å². The number of rotatable bonds is 4. The van der Waals surface area contributed by atoms with E-state index in [0.29, 0.717) is 0 Å². The fourth-order valence-corrected chi connectivity index (χ4v) is 1.12. The van der Waals surface area contributed by atoms with Crippen molar-refractivity contribution in [3.05, 3.63) is 12.7 Å². The van der Waals surface area contributed by atoms with Gasteiger partial charge in [-0.1, -0.05) is 6.08 Å². The Bertz CT molecular complexity index is 130. The quantitative estimate of drug-likeness (QED) is 0.645. The molecule has 0 aromatic heterocycles. The van der Waals surface area contributed by atoms with Crippen molar-refractivity contribution in [2.24, 2.45) is 0 Å². The van der Waals surface area contributed by atoms with Crippen LogP contribution < -0.4 is 0 Å². The average molecular weight is 172 g/mol. The molecule has 12 heavy (non-hydrogen) atoms. The third-order valence-corrected chi connectivity index (χ3v) is 1.86. The van der Waals surface area contributed by atoms with Crippen LogP contribution >= 0.6 is 0 Å². The van der Waals surface area contributed by atoms with E-state index in [-0.39, 0.29) is 12.9 Å². The van der Waals surface area contributed by atoms with Gasteiger partial charge in [0.15, 0.2) is 6.29 Å². The number of aliphatic hydroxyl groups excluding tert-OH is 1. The smallest absolute Gasteiger partial charge is 0.157 e. The van der Waals surface area contributed by atoms with Gasteiger partial charge in [-0.05, 0) is 19.3 Å². The minimum atomic E-state index is -0.574. The minimum Gasteiger partial charge on any atom is -0.387 e. The Labute approximate surface area is 73.0 Å². The second kappa shape index (κ2) is 5.30. The molecule has 1 heterocycles. The summed E-state index contributed by atoms with van der Waals surface area (Å²) in [6.07, 6.45) is 3.97. The van der Waals surface area contributed by atoms with E-state index in [1.165, 1.54) is 6.08 Å². The van der Waals surface area contributed by atoms with E-state index in [0.717, 1.165) is 25.9 Å². The molecule has 0 saturated carbocycles. The van der Waals surface area contributed by atoms with Crippen LogP contribution in [0.3, 0.4) is 0 Å². The van der Waals surface area contributed by atoms with E-state index in [1.807, 2.05) is 0 Å². The Morgan fingerprint density at radius 1 is 1.67 bits per heavy atom. The molecule has 0 aliphatic carbocycles. The zero-order valence-corrected chi connectivity index (χ0v) is 7.24. The summed E-state index contributed by atoms with van der Waals surface area (Å²) >= 11 is 0. The van der Waals surface area contributed by atoms with Gasteiger partial charge in [-0.25, -0.2) is 0 Å². The highest BCUT2D eigenvalue weighted by molar-refractivity contribution is 4.77. The highest BCUT2D eigenvalue weighted by Crippen LogP contribution is 2.13. The van der Waals surface area contributed by atoms with Gasteiger partial charge in [-0.2, -0.15) is 0 Å². The molecule has 0 aromatic rings. The van der Waals surface area contributed by atoms with Crippen LogP contribution in [0.25, 0.3) is 0 Å². The van der Waals surface area contributed by atoms with Crippen LogP contribution in [0.5, 0.6) is 0 Å². The number of ether oxygens (including phenoxy) is 2. The van der Waals surface area contributed by atoms with Crippen molar-refractivity contribution in [1.82, 2.24) is 0 Å². The van der Waals surface area contributed by atoms with E-state index >= 15 is 0 Å². The molecule has 0 bridgehead atoms. The first-order valence-electron chi connectivity index (χ1n) is 4.37. The molecule has 1 saturated heterocycles. The zero-order valence-electron chi connectivity index (χ0n) is 7.24. The summed E-state index contributed by atoms with van der Waals surface area (Å²) in [5.74, 6) is 0. The number of hydrogen-bond donors (Lipinski definition) is 1. The first-order valence-corrected chi connectivity index (χ1v) is 4.37. The lowest BCUT2D eigenvalue weighted by Gasteiger charge is -2.23. The molecule has 0 radical (unpaired) electrons. The molecule has 0 spiro atoms. The van der Waals surface area contributed by atoms with Crippen molar-refractivity contribution in [2.45, 2.75) is 31.7 Å². The van der Waals surface area contributed by atoms with Gasteiger partial charge >= 0.3 is 0 Å². The van der Waals surface area contributed by atoms with E-state index in [2.05, 4.69) is 6.58 Å². The van der Waals surface area contributed by atoms with Crippen molar-refractivity contribution < 1.29 is 14.6 Å². The Morgan fingerprint density at radius 2 is 2.50 bits per heavy atom. The molecule has 1 rings (SSSR count). The molecule has 3 nitrogen and oxygen atoms in total. The lowest BCUT2D eigenvalue weighted by molar-refractivity contribution is -0.171. The molecule has 70 valence electrons. The molecular formula is C9H16O3. The maximum absolute atomic E-state index is 9.09. The molecule has 1 N–H and O–H groups in total. The monoisotopic (exact) mass is 172 g/mol. The summed E-state index contributed by atoms with van der Waals surface area (Å²) in [6.45, 7) is 4.51. The number of hydrogen-bond acceptors (Lipinski definition) is 3. The molecule has 1 fully saturated rings. The fraction of sp³-hybridized carbons (Fsp3) is 0.778. The standard InChI is InChI=1S/C9H16O3/c1-2-8(10)7-12-9-5-3-4-6-11-9/h2,8-10H,1,3-7H2/t8-,9?/m1/s1. The Hall–Kier alpha value is -0.380. The van der Waals surface area contributed by atoms with Gasteiger partial charge in [0.1, 0.15) is 0 Å². The van der Waals surface area contributed by atoms with Gasteiger partial charge in [-0.3, -0.25) is 0 Å². The van der Waals surface area contributed by atoms with Gasteiger partial charge in [-0.15, -0.1) is 6.58 Å². The second-order valence-electron chi connectivity index (χ2n) is 2.93. The third kappa shape index (κ3) is 3.34. The van der Waals surface area contributed by atoms with Crippen LogP contribution in [0, 0.1) is 0 Å². The lowest BCUT2D eigenvalue weighted by Crippen LogP contribution is -2.26. The van der Waals surface area contributed by atoms with Crippen molar-refractivity contribution in [1.29, 1.82) is 0 Å². The molecular weight excluding hydrogens is 156 g/mol.